The quantitative estimate of drug-likeness (QED) is 0.834. The normalized spacial score (nSPS) is 14.9. The Morgan fingerprint density at radius 3 is 2.60 bits per heavy atom. The second-order valence-corrected chi connectivity index (χ2v) is 5.82. The number of hydrogen-bond acceptors (Lipinski definition) is 4. The Kier molecular flexibility index (Phi) is 4.16. The predicted molar refractivity (Wildman–Crippen MR) is 63.8 cm³/mol. The fraction of sp³-hybridized carbons (Fsp3) is 0.143. The van der Waals surface area contributed by atoms with Crippen molar-refractivity contribution >= 4 is 49.1 Å². The summed E-state index contributed by atoms with van der Waals surface area (Å²) in [4.78, 5) is 0. The molecule has 0 aromatic heterocycles. The predicted octanol–water partition coefficient (Wildman–Crippen LogP) is 2.23. The van der Waals surface area contributed by atoms with Gasteiger partial charge in [0.05, 0.1) is 17.3 Å². The highest BCUT2D eigenvalue weighted by atomic mass is 35.5. The molecule has 0 saturated heterocycles. The molecule has 0 amide bonds. The van der Waals surface area contributed by atoms with E-state index < -0.39 is 9.05 Å². The van der Waals surface area contributed by atoms with Gasteiger partial charge in [-0.1, -0.05) is 23.2 Å². The molecule has 0 radical (unpaired) electrons. The Labute approximate surface area is 102 Å². The van der Waals surface area contributed by atoms with Gasteiger partial charge in [-0.2, -0.15) is 4.21 Å². The van der Waals surface area contributed by atoms with E-state index in [1.807, 2.05) is 0 Å². The van der Waals surface area contributed by atoms with Crippen molar-refractivity contribution in [3.05, 3.63) is 27.7 Å². The summed E-state index contributed by atoms with van der Waals surface area (Å²) in [7, 11) is -3.66. The van der Waals surface area contributed by atoms with Gasteiger partial charge in [0.1, 0.15) is 0 Å². The van der Waals surface area contributed by atoms with Gasteiger partial charge < -0.3 is 5.73 Å². The Morgan fingerprint density at radius 1 is 1.47 bits per heavy atom. The number of halogens is 2. The summed E-state index contributed by atoms with van der Waals surface area (Å²) in [6.45, 7) is -0.195. The Hall–Kier alpha value is -0.110. The molecule has 4 nitrogen and oxygen atoms in total. The average molecular weight is 288 g/mol. The minimum Gasteiger partial charge on any atom is -0.398 e. The highest BCUT2D eigenvalue weighted by Crippen LogP contribution is 2.27. The van der Waals surface area contributed by atoms with E-state index in [0.717, 1.165) is 0 Å². The van der Waals surface area contributed by atoms with Gasteiger partial charge in [0.2, 0.25) is 0 Å². The first-order chi connectivity index (χ1) is 6.79. The number of hydrogen-bond donors (Lipinski definition) is 2. The Morgan fingerprint density at radius 2 is 2.07 bits per heavy atom. The van der Waals surface area contributed by atoms with Crippen LogP contribution in [-0.2, 0) is 31.0 Å². The molecule has 84 valence electrons. The van der Waals surface area contributed by atoms with Gasteiger partial charge in [-0.15, -0.1) is 0 Å². The lowest BCUT2D eigenvalue weighted by molar-refractivity contribution is 0.295. The SMILES string of the molecule is Nc1cc(COS(=O)(O)=S)c(Cl)cc1Cl. The molecular weight excluding hydrogens is 281 g/mol. The van der Waals surface area contributed by atoms with Crippen molar-refractivity contribution in [1.29, 1.82) is 0 Å². The molecule has 3 N–H and O–H groups in total. The number of benzene rings is 1. The summed E-state index contributed by atoms with van der Waals surface area (Å²) < 4.78 is 23.9. The zero-order chi connectivity index (χ0) is 11.6. The van der Waals surface area contributed by atoms with Crippen molar-refractivity contribution in [3.8, 4) is 0 Å². The van der Waals surface area contributed by atoms with Crippen molar-refractivity contribution in [1.82, 2.24) is 0 Å². The van der Waals surface area contributed by atoms with E-state index in [0.29, 0.717) is 21.3 Å². The van der Waals surface area contributed by atoms with Crippen molar-refractivity contribution in [2.24, 2.45) is 0 Å². The fourth-order valence-corrected chi connectivity index (χ4v) is 1.72. The van der Waals surface area contributed by atoms with Crippen LogP contribution < -0.4 is 5.73 Å². The van der Waals surface area contributed by atoms with Gasteiger partial charge in [-0.3, -0.25) is 8.74 Å². The molecule has 0 aliphatic rings. The molecule has 0 saturated carbocycles. The Bertz CT molecular complexity index is 475. The zero-order valence-corrected chi connectivity index (χ0v) is 10.4. The smallest absolute Gasteiger partial charge is 0.266 e. The Balaban J connectivity index is 2.91. The third-order valence-corrected chi connectivity index (χ3v) is 2.91. The molecular formula is C7H7Cl2NO3S2. The molecule has 1 atom stereocenters. The first kappa shape index (κ1) is 13.0. The monoisotopic (exact) mass is 287 g/mol. The molecule has 1 rings (SSSR count). The molecule has 0 aliphatic heterocycles. The van der Waals surface area contributed by atoms with E-state index >= 15 is 0 Å². The van der Waals surface area contributed by atoms with E-state index in [1.165, 1.54) is 12.1 Å². The van der Waals surface area contributed by atoms with Gasteiger partial charge in [0.25, 0.3) is 9.05 Å². The summed E-state index contributed by atoms with van der Waals surface area (Å²) in [5.41, 5.74) is 6.29. The third kappa shape index (κ3) is 4.10. The summed E-state index contributed by atoms with van der Waals surface area (Å²) >= 11 is 15.6. The average Bonchev–Trinajstić information content (AvgIpc) is 2.07. The van der Waals surface area contributed by atoms with E-state index in [2.05, 4.69) is 15.4 Å². The maximum absolute atomic E-state index is 10.7. The minimum atomic E-state index is -3.66. The van der Waals surface area contributed by atoms with Gasteiger partial charge in [-0.05, 0) is 17.7 Å². The van der Waals surface area contributed by atoms with Crippen molar-refractivity contribution < 1.29 is 12.9 Å². The molecule has 0 spiro atoms. The molecule has 0 heterocycles. The van der Waals surface area contributed by atoms with Gasteiger partial charge in [0, 0.05) is 16.2 Å². The standard InChI is InChI=1S/C7H7Cl2NO3S2/c8-5-2-6(9)7(10)1-4(5)3-13-15(11,12)14/h1-2H,3,10H2,(H,11,12,14). The summed E-state index contributed by atoms with van der Waals surface area (Å²) in [5, 5.41) is 0.611. The maximum atomic E-state index is 10.7. The van der Waals surface area contributed by atoms with Crippen LogP contribution in [-0.4, -0.2) is 8.76 Å². The van der Waals surface area contributed by atoms with Crippen LogP contribution in [0.3, 0.4) is 0 Å². The van der Waals surface area contributed by atoms with Crippen LogP contribution in [0.1, 0.15) is 5.56 Å². The molecule has 0 aliphatic carbocycles. The molecule has 1 aromatic rings. The van der Waals surface area contributed by atoms with Crippen LogP contribution in [0.4, 0.5) is 5.69 Å². The lowest BCUT2D eigenvalue weighted by Crippen LogP contribution is -2.03. The molecule has 8 heteroatoms. The van der Waals surface area contributed by atoms with Gasteiger partial charge in [0.15, 0.2) is 0 Å². The number of anilines is 1. The number of nitrogen functional groups attached to an aromatic ring is 1. The van der Waals surface area contributed by atoms with Crippen LogP contribution in [0.15, 0.2) is 12.1 Å². The fourth-order valence-electron chi connectivity index (χ4n) is 0.861. The molecule has 0 fully saturated rings. The van der Waals surface area contributed by atoms with Gasteiger partial charge in [-0.25, -0.2) is 0 Å². The molecule has 1 unspecified atom stereocenters. The minimum absolute atomic E-state index is 0.195. The first-order valence-electron chi connectivity index (χ1n) is 3.65. The van der Waals surface area contributed by atoms with Crippen molar-refractivity contribution in [3.63, 3.8) is 0 Å². The topological polar surface area (TPSA) is 72.5 Å². The summed E-state index contributed by atoms with van der Waals surface area (Å²) in [6, 6.07) is 2.89. The highest BCUT2D eigenvalue weighted by Gasteiger charge is 2.08. The highest BCUT2D eigenvalue weighted by molar-refractivity contribution is 8.27. The van der Waals surface area contributed by atoms with Crippen molar-refractivity contribution in [2.75, 3.05) is 5.73 Å². The molecule has 0 bridgehead atoms. The molecule has 15 heavy (non-hydrogen) atoms. The lowest BCUT2D eigenvalue weighted by Gasteiger charge is -2.07. The van der Waals surface area contributed by atoms with E-state index in [9.17, 15) is 4.21 Å². The van der Waals surface area contributed by atoms with Crippen LogP contribution in [0.25, 0.3) is 0 Å². The largest absolute Gasteiger partial charge is 0.398 e. The zero-order valence-electron chi connectivity index (χ0n) is 7.28. The lowest BCUT2D eigenvalue weighted by atomic mass is 10.2. The van der Waals surface area contributed by atoms with Gasteiger partial charge >= 0.3 is 0 Å². The van der Waals surface area contributed by atoms with E-state index in [4.69, 9.17) is 33.5 Å². The van der Waals surface area contributed by atoms with E-state index in [1.54, 1.807) is 0 Å². The van der Waals surface area contributed by atoms with Crippen LogP contribution in [0.5, 0.6) is 0 Å². The van der Waals surface area contributed by atoms with Crippen molar-refractivity contribution in [2.45, 2.75) is 6.61 Å². The van der Waals surface area contributed by atoms with E-state index in [-0.39, 0.29) is 6.61 Å². The summed E-state index contributed by atoms with van der Waals surface area (Å²) in [5.74, 6) is 0. The molecule has 1 aromatic carbocycles. The van der Waals surface area contributed by atoms with Crippen LogP contribution >= 0.6 is 23.2 Å². The second-order valence-electron chi connectivity index (χ2n) is 2.66. The number of nitrogens with two attached hydrogens (primary N) is 1. The summed E-state index contributed by atoms with van der Waals surface area (Å²) in [6.07, 6.45) is 0. The third-order valence-electron chi connectivity index (χ3n) is 1.53. The first-order valence-corrected chi connectivity index (χ1v) is 6.77. The maximum Gasteiger partial charge on any atom is 0.266 e. The number of rotatable bonds is 3. The second kappa shape index (κ2) is 4.82. The van der Waals surface area contributed by atoms with Crippen LogP contribution in [0, 0.1) is 0 Å². The van der Waals surface area contributed by atoms with Crippen LogP contribution in [0.2, 0.25) is 10.0 Å².